The molecule has 18 nitrogen and oxygen atoms in total. The number of aliphatic carboxylic acids is 1. The van der Waals surface area contributed by atoms with Crippen LogP contribution in [0.4, 0.5) is 5.69 Å². The second kappa shape index (κ2) is 23.3. The van der Waals surface area contributed by atoms with Gasteiger partial charge in [-0.15, -0.1) is 0 Å². The van der Waals surface area contributed by atoms with Gasteiger partial charge >= 0.3 is 17.7 Å². The molecular weight excluding hydrogens is 905 g/mol. The summed E-state index contributed by atoms with van der Waals surface area (Å²) in [5.74, 6) is -9.27. The van der Waals surface area contributed by atoms with E-state index in [-0.39, 0.29) is 44.5 Å². The quantitative estimate of drug-likeness (QED) is 0.0483. The average molecular weight is 971 g/mol. The van der Waals surface area contributed by atoms with Crippen molar-refractivity contribution in [2.45, 2.75) is 85.6 Å². The molecule has 0 saturated carbocycles. The smallest absolute Gasteiger partial charge is 0.328 e. The second-order valence-electron chi connectivity index (χ2n) is 18.2. The first-order valence-electron chi connectivity index (χ1n) is 23.0. The van der Waals surface area contributed by atoms with Gasteiger partial charge in [-0.2, -0.15) is 5.10 Å². The van der Waals surface area contributed by atoms with Crippen molar-refractivity contribution in [1.29, 1.82) is 0 Å². The van der Waals surface area contributed by atoms with Crippen LogP contribution in [0.15, 0.2) is 77.6 Å². The van der Waals surface area contributed by atoms with Crippen LogP contribution in [0.5, 0.6) is 23.0 Å². The first kappa shape index (κ1) is 54.2. The molecule has 5 bridgehead atoms. The molecule has 0 spiro atoms. The highest BCUT2D eigenvalue weighted by Gasteiger charge is 2.50. The van der Waals surface area contributed by atoms with Gasteiger partial charge in [-0.3, -0.25) is 19.4 Å². The Labute approximate surface area is 407 Å². The van der Waals surface area contributed by atoms with Crippen molar-refractivity contribution in [2.24, 2.45) is 28.8 Å². The van der Waals surface area contributed by atoms with Crippen LogP contribution in [0.2, 0.25) is 0 Å². The zero-order valence-electron chi connectivity index (χ0n) is 41.2. The van der Waals surface area contributed by atoms with Crippen molar-refractivity contribution in [1.82, 2.24) is 9.91 Å². The number of phenolic OH excluding ortho intramolecular Hbond substituents is 3. The number of ether oxygens (including phenoxy) is 4. The van der Waals surface area contributed by atoms with E-state index in [4.69, 9.17) is 24.1 Å². The summed E-state index contributed by atoms with van der Waals surface area (Å²) < 4.78 is 23.6. The van der Waals surface area contributed by atoms with Crippen LogP contribution in [0.3, 0.4) is 0 Å². The van der Waals surface area contributed by atoms with Crippen LogP contribution in [0.1, 0.15) is 75.5 Å². The van der Waals surface area contributed by atoms with Gasteiger partial charge in [-0.25, -0.2) is 4.79 Å². The molecule has 0 radical (unpaired) electrons. The summed E-state index contributed by atoms with van der Waals surface area (Å²) in [5, 5.41) is 75.1. The second-order valence-corrected chi connectivity index (χ2v) is 18.2. The lowest BCUT2D eigenvalue weighted by atomic mass is 9.78. The molecule has 9 atom stereocenters. The number of aromatic hydroxyl groups is 3. The van der Waals surface area contributed by atoms with Gasteiger partial charge in [0.15, 0.2) is 5.75 Å². The van der Waals surface area contributed by atoms with Gasteiger partial charge in [0.2, 0.25) is 0 Å². The third-order valence-electron chi connectivity index (χ3n) is 13.1. The summed E-state index contributed by atoms with van der Waals surface area (Å²) in [7, 11) is 3.42. The fourth-order valence-electron chi connectivity index (χ4n) is 8.65. The Morgan fingerprint density at radius 1 is 0.900 bits per heavy atom. The Hall–Kier alpha value is -6.73. The highest BCUT2D eigenvalue weighted by molar-refractivity contribution is 6.23. The minimum atomic E-state index is -2.04. The summed E-state index contributed by atoms with van der Waals surface area (Å²) in [6, 6.07) is 9.31. The summed E-state index contributed by atoms with van der Waals surface area (Å²) >= 11 is 0. The molecule has 3 aromatic rings. The minimum absolute atomic E-state index is 0.0559. The molecule has 18 heteroatoms. The molecule has 0 unspecified atom stereocenters. The van der Waals surface area contributed by atoms with E-state index >= 15 is 0 Å². The molecule has 7 N–H and O–H groups in total. The zero-order chi connectivity index (χ0) is 51.8. The van der Waals surface area contributed by atoms with Crippen molar-refractivity contribution in [3.8, 4) is 23.0 Å². The highest BCUT2D eigenvalue weighted by atomic mass is 16.7. The number of nitrogens with one attached hydrogen (secondary N) is 1. The molecule has 0 aliphatic carbocycles. The number of benzene rings is 3. The van der Waals surface area contributed by atoms with E-state index < -0.39 is 94.8 Å². The number of carboxylic acid groups (broad SMARTS) is 1. The normalized spacial score (nSPS) is 28.6. The summed E-state index contributed by atoms with van der Waals surface area (Å²) in [6.07, 6.45) is 7.54. The largest absolute Gasteiger partial charge is 0.507 e. The monoisotopic (exact) mass is 970 g/mol. The number of amides is 1. The molecule has 4 aliphatic heterocycles. The molecule has 4 heterocycles. The Morgan fingerprint density at radius 2 is 1.56 bits per heavy atom. The maximum atomic E-state index is 14.4. The maximum Gasteiger partial charge on any atom is 0.328 e. The molecule has 3 aromatic carbocycles. The SMILES string of the molecule is CO[C@H]1/C=C/O[C@@]2(C)Oc3c(C)c(O)c4c(O)c(c(/C=N\N5CCN(C)CC5)c(O)c4c3C2=O)NC(=O)/C(C)=C\C=C\[C@@H](C)[C@H](O)[C@@H](C)[C@H](O)[C@@H](C)[C@H](OC(C)=O)[C@@H]1C.O=C(O)/C=C/c1ccccc1. The van der Waals surface area contributed by atoms with Gasteiger partial charge in [-0.1, -0.05) is 76.3 Å². The van der Waals surface area contributed by atoms with Gasteiger partial charge in [0.25, 0.3) is 11.7 Å². The number of anilines is 1. The predicted octanol–water partition coefficient (Wildman–Crippen LogP) is 6.12. The number of aliphatic hydroxyl groups is 2. The van der Waals surface area contributed by atoms with Crippen LogP contribution in [-0.4, -0.2) is 141 Å². The summed E-state index contributed by atoms with van der Waals surface area (Å²) in [5.41, 5.74) is 0.548. The molecular formula is C52H66N4O14. The standard InChI is InChI=1S/C43H58N4O12.C9H8O2/c1-21-12-11-13-22(2)42(55)45-33-28(20-44-47-17-15-46(9)16-18-47)37(52)30-31(38(33)53)36(51)26(6)40-32(30)41(54)43(8,59-40)57-19-14-29(56-10)23(3)39(58-27(7)48)25(5)35(50)24(4)34(21)49;10-9(11)7-6-8-4-2-1-3-5-8/h11-14,19-21,23-25,29,34-35,39,49-53H,15-18H2,1-10H3,(H,45,55);1-7H,(H,10,11)/b12-11+,19-14+,22-13-,44-20-;7-6+/t21-,23-,24-,25-,29+,34+,35+,39-,43+;/m1./s1. The molecule has 1 amide bonds. The lowest BCUT2D eigenvalue weighted by Crippen LogP contribution is -2.46. The number of carbonyl (C=O) groups is 4. The number of methoxy groups -OCH3 is 1. The number of piperazine rings is 1. The third-order valence-corrected chi connectivity index (χ3v) is 13.1. The Balaban J connectivity index is 0.000000729. The molecule has 7 rings (SSSR count). The molecule has 378 valence electrons. The van der Waals surface area contributed by atoms with Gasteiger partial charge in [0.1, 0.15) is 23.4 Å². The number of fused-ring (bicyclic) bond motifs is 14. The van der Waals surface area contributed by atoms with Crippen LogP contribution < -0.4 is 10.1 Å². The van der Waals surface area contributed by atoms with Gasteiger partial charge in [0.05, 0.1) is 53.0 Å². The van der Waals surface area contributed by atoms with E-state index in [1.807, 2.05) is 37.4 Å². The zero-order valence-corrected chi connectivity index (χ0v) is 41.2. The molecule has 1 saturated heterocycles. The van der Waals surface area contributed by atoms with Crippen molar-refractivity contribution in [3.63, 3.8) is 0 Å². The Kier molecular flexibility index (Phi) is 18.0. The molecule has 70 heavy (non-hydrogen) atoms. The topological polar surface area (TPSA) is 257 Å². The van der Waals surface area contributed by atoms with E-state index in [2.05, 4.69) is 15.3 Å². The third kappa shape index (κ3) is 12.2. The lowest BCUT2D eigenvalue weighted by molar-refractivity contribution is -0.160. The number of allylic oxidation sites excluding steroid dienone is 2. The first-order valence-corrected chi connectivity index (χ1v) is 23.0. The van der Waals surface area contributed by atoms with Crippen molar-refractivity contribution in [2.75, 3.05) is 45.7 Å². The van der Waals surface area contributed by atoms with E-state index in [9.17, 15) is 44.7 Å². The van der Waals surface area contributed by atoms with Crippen molar-refractivity contribution < 1.29 is 68.8 Å². The maximum absolute atomic E-state index is 14.4. The number of ketones is 1. The van der Waals surface area contributed by atoms with Gasteiger partial charge in [-0.05, 0) is 38.6 Å². The first-order chi connectivity index (χ1) is 33.0. The molecule has 4 aliphatic rings. The van der Waals surface area contributed by atoms with Crippen LogP contribution in [0.25, 0.3) is 16.8 Å². The number of phenols is 3. The van der Waals surface area contributed by atoms with Gasteiger partial charge < -0.3 is 59.8 Å². The van der Waals surface area contributed by atoms with E-state index in [0.29, 0.717) is 13.1 Å². The minimum Gasteiger partial charge on any atom is -0.507 e. The fraction of sp³-hybridized carbons (Fsp3) is 0.442. The van der Waals surface area contributed by atoms with E-state index in [1.165, 1.54) is 59.4 Å². The number of esters is 1. The fourth-order valence-corrected chi connectivity index (χ4v) is 8.65. The van der Waals surface area contributed by atoms with Crippen LogP contribution >= 0.6 is 0 Å². The van der Waals surface area contributed by atoms with Crippen molar-refractivity contribution >= 4 is 52.4 Å². The predicted molar refractivity (Wildman–Crippen MR) is 264 cm³/mol. The highest BCUT2D eigenvalue weighted by Crippen LogP contribution is 2.55. The number of carbonyl (C=O) groups excluding carboxylic acids is 3. The number of aliphatic hydroxyl groups excluding tert-OH is 2. The Bertz CT molecular complexity index is 2570. The molecule has 1 fully saturated rings. The number of rotatable bonds is 6. The lowest BCUT2D eigenvalue weighted by Gasteiger charge is -2.38. The van der Waals surface area contributed by atoms with Crippen LogP contribution in [0, 0.1) is 30.6 Å². The summed E-state index contributed by atoms with van der Waals surface area (Å²) in [4.78, 5) is 52.7. The number of hydrogen-bond acceptors (Lipinski definition) is 16. The number of Topliss-reactive ketones (excluding diaryl/α,β-unsaturated/α-hetero) is 1. The number of hydrazone groups is 1. The van der Waals surface area contributed by atoms with Crippen LogP contribution in [-0.2, 0) is 28.6 Å². The number of likely N-dealkylation sites (N-methyl/N-ethyl adjacent to an activating group) is 1. The average Bonchev–Trinajstić information content (AvgIpc) is 3.59. The number of carboxylic acids is 1. The van der Waals surface area contributed by atoms with Gasteiger partial charge in [0, 0.05) is 93.4 Å². The molecule has 0 aromatic heterocycles. The Morgan fingerprint density at radius 3 is 2.17 bits per heavy atom. The number of nitrogens with zero attached hydrogens (tertiary/aromatic N) is 3. The van der Waals surface area contributed by atoms with E-state index in [1.54, 1.807) is 50.9 Å². The summed E-state index contributed by atoms with van der Waals surface area (Å²) in [6.45, 7) is 15.1. The van der Waals surface area contributed by atoms with Crippen molar-refractivity contribution in [3.05, 3.63) is 94.8 Å². The van der Waals surface area contributed by atoms with E-state index in [0.717, 1.165) is 24.7 Å². The number of hydrogen-bond donors (Lipinski definition) is 7.